The minimum absolute atomic E-state index is 0.449. The Morgan fingerprint density at radius 1 is 1.12 bits per heavy atom. The van der Waals surface area contributed by atoms with E-state index in [1.54, 1.807) is 12.3 Å². The van der Waals surface area contributed by atoms with Crippen molar-refractivity contribution < 1.29 is 18.4 Å². The minimum atomic E-state index is -3.55. The van der Waals surface area contributed by atoms with Gasteiger partial charge in [0.05, 0.1) is 23.6 Å². The number of alkyl halides is 2. The average Bonchev–Trinajstić information content (AvgIpc) is 2.99. The number of carbonyl (C=O) groups excluding carboxylic acids is 2. The Bertz CT molecular complexity index is 1160. The lowest BCUT2D eigenvalue weighted by molar-refractivity contribution is -0.143. The Morgan fingerprint density at radius 2 is 1.78 bits per heavy atom. The summed E-state index contributed by atoms with van der Waals surface area (Å²) in [5.74, 6) is -5.66. The average molecular weight is 443 g/mol. The Labute approximate surface area is 185 Å². The van der Waals surface area contributed by atoms with Crippen LogP contribution in [-0.2, 0) is 16.1 Å². The number of hydrogen-bond donors (Lipinski definition) is 3. The van der Waals surface area contributed by atoms with Crippen LogP contribution in [0.1, 0.15) is 35.0 Å². The maximum atomic E-state index is 13.0. The second kappa shape index (κ2) is 8.94. The highest BCUT2D eigenvalue weighted by Gasteiger charge is 2.32. The molecule has 0 saturated carbocycles. The molecule has 32 heavy (non-hydrogen) atoms. The van der Waals surface area contributed by atoms with Gasteiger partial charge in [-0.2, -0.15) is 8.78 Å². The van der Waals surface area contributed by atoms with Crippen LogP contribution in [0.3, 0.4) is 0 Å². The molecule has 2 heterocycles. The van der Waals surface area contributed by atoms with Crippen molar-refractivity contribution in [2.45, 2.75) is 47.1 Å². The van der Waals surface area contributed by atoms with Gasteiger partial charge in [0.15, 0.2) is 5.65 Å². The summed E-state index contributed by atoms with van der Waals surface area (Å²) in [7, 11) is 0. The van der Waals surface area contributed by atoms with Gasteiger partial charge in [-0.3, -0.25) is 9.59 Å². The first-order valence-corrected chi connectivity index (χ1v) is 10.2. The third-order valence-corrected chi connectivity index (χ3v) is 5.39. The van der Waals surface area contributed by atoms with Crippen LogP contribution in [0.5, 0.6) is 0 Å². The molecule has 3 rings (SSSR count). The van der Waals surface area contributed by atoms with E-state index in [2.05, 4.69) is 15.6 Å². The van der Waals surface area contributed by atoms with Crippen LogP contribution < -0.4 is 16.0 Å². The first-order valence-electron chi connectivity index (χ1n) is 10.2. The van der Waals surface area contributed by atoms with E-state index < -0.39 is 24.3 Å². The number of fused-ring (bicyclic) bond motifs is 1. The summed E-state index contributed by atoms with van der Waals surface area (Å²) < 4.78 is 27.8. The van der Waals surface area contributed by atoms with Crippen LogP contribution in [0.2, 0.25) is 0 Å². The molecule has 9 heteroatoms. The number of hydrogen-bond acceptors (Lipinski definition) is 4. The first kappa shape index (κ1) is 23.2. The highest BCUT2D eigenvalue weighted by Crippen LogP contribution is 2.26. The zero-order valence-electron chi connectivity index (χ0n) is 18.8. The number of nitrogens with one attached hydrogen (secondary N) is 3. The zero-order chi connectivity index (χ0) is 23.6. The molecule has 0 fully saturated rings. The van der Waals surface area contributed by atoms with Crippen molar-refractivity contribution in [3.8, 4) is 0 Å². The SMILES string of the molecule is Cc1cccc(C)c1CNc1cc(NC(=O)CNC(=O)C(C)(F)F)cn2c(C)c(C)nc12. The number of nitrogens with zero attached hydrogens (tertiary/aromatic N) is 2. The second-order valence-electron chi connectivity index (χ2n) is 7.96. The van der Waals surface area contributed by atoms with Crippen molar-refractivity contribution in [3.05, 3.63) is 58.5 Å². The zero-order valence-corrected chi connectivity index (χ0v) is 18.8. The lowest BCUT2D eigenvalue weighted by atomic mass is 10.0. The van der Waals surface area contributed by atoms with Crippen molar-refractivity contribution in [1.82, 2.24) is 14.7 Å². The summed E-state index contributed by atoms with van der Waals surface area (Å²) >= 11 is 0. The fraction of sp³-hybridized carbons (Fsp3) is 0.348. The Balaban J connectivity index is 1.84. The number of anilines is 2. The molecule has 7 nitrogen and oxygen atoms in total. The highest BCUT2D eigenvalue weighted by molar-refractivity contribution is 5.96. The van der Waals surface area contributed by atoms with E-state index in [4.69, 9.17) is 0 Å². The monoisotopic (exact) mass is 443 g/mol. The minimum Gasteiger partial charge on any atom is -0.378 e. The van der Waals surface area contributed by atoms with Crippen LogP contribution in [0.4, 0.5) is 20.2 Å². The third kappa shape index (κ3) is 5.04. The number of imidazole rings is 1. The van der Waals surface area contributed by atoms with Gasteiger partial charge in [0.2, 0.25) is 5.91 Å². The second-order valence-corrected chi connectivity index (χ2v) is 7.96. The molecule has 0 spiro atoms. The van der Waals surface area contributed by atoms with Crippen molar-refractivity contribution in [2.75, 3.05) is 17.2 Å². The topological polar surface area (TPSA) is 87.5 Å². The van der Waals surface area contributed by atoms with Crippen LogP contribution in [-0.4, -0.2) is 33.7 Å². The van der Waals surface area contributed by atoms with E-state index in [1.807, 2.05) is 55.6 Å². The lowest BCUT2D eigenvalue weighted by Gasteiger charge is -2.15. The number of rotatable bonds is 7. The normalized spacial score (nSPS) is 11.5. The molecule has 3 N–H and O–H groups in total. The highest BCUT2D eigenvalue weighted by atomic mass is 19.3. The Hall–Kier alpha value is -3.49. The van der Waals surface area contributed by atoms with Crippen LogP contribution in [0.15, 0.2) is 30.5 Å². The number of aryl methyl sites for hydroxylation is 4. The van der Waals surface area contributed by atoms with E-state index in [9.17, 15) is 18.4 Å². The molecular formula is C23H27F2N5O2. The summed E-state index contributed by atoms with van der Waals surface area (Å²) in [5.41, 5.74) is 7.13. The maximum absolute atomic E-state index is 13.0. The molecule has 0 aliphatic carbocycles. The van der Waals surface area contributed by atoms with Crippen molar-refractivity contribution in [2.24, 2.45) is 0 Å². The summed E-state index contributed by atoms with van der Waals surface area (Å²) in [6.07, 6.45) is 1.71. The number of carbonyl (C=O) groups is 2. The van der Waals surface area contributed by atoms with E-state index in [0.29, 0.717) is 30.5 Å². The predicted molar refractivity (Wildman–Crippen MR) is 120 cm³/mol. The van der Waals surface area contributed by atoms with Gasteiger partial charge < -0.3 is 20.4 Å². The van der Waals surface area contributed by atoms with E-state index in [1.165, 1.54) is 5.56 Å². The Kier molecular flexibility index (Phi) is 6.47. The van der Waals surface area contributed by atoms with E-state index in [0.717, 1.165) is 22.5 Å². The predicted octanol–water partition coefficient (Wildman–Crippen LogP) is 3.89. The van der Waals surface area contributed by atoms with Gasteiger partial charge in [-0.05, 0) is 50.5 Å². The first-order chi connectivity index (χ1) is 15.0. The van der Waals surface area contributed by atoms with Crippen molar-refractivity contribution >= 4 is 28.8 Å². The number of aromatic nitrogens is 2. The molecule has 1 aromatic carbocycles. The van der Waals surface area contributed by atoms with Gasteiger partial charge in [-0.1, -0.05) is 18.2 Å². The van der Waals surface area contributed by atoms with E-state index in [-0.39, 0.29) is 0 Å². The molecule has 0 bridgehead atoms. The largest absolute Gasteiger partial charge is 0.378 e. The molecule has 170 valence electrons. The fourth-order valence-corrected chi connectivity index (χ4v) is 3.40. The number of benzene rings is 1. The van der Waals surface area contributed by atoms with Gasteiger partial charge in [0, 0.05) is 25.4 Å². The summed E-state index contributed by atoms with van der Waals surface area (Å²) in [6.45, 7) is 8.40. The van der Waals surface area contributed by atoms with Crippen LogP contribution in [0.25, 0.3) is 5.65 Å². The lowest BCUT2D eigenvalue weighted by Crippen LogP contribution is -2.41. The molecular weight excluding hydrogens is 416 g/mol. The molecule has 2 aromatic heterocycles. The van der Waals surface area contributed by atoms with Crippen molar-refractivity contribution in [1.29, 1.82) is 0 Å². The number of pyridine rings is 1. The van der Waals surface area contributed by atoms with Crippen LogP contribution in [0, 0.1) is 27.7 Å². The van der Waals surface area contributed by atoms with Gasteiger partial charge >= 0.3 is 5.92 Å². The fourth-order valence-electron chi connectivity index (χ4n) is 3.40. The standard InChI is InChI=1S/C23H27F2N5O2/c1-13-7-6-8-14(2)18(13)10-26-19-9-17(12-30-16(4)15(3)28-21(19)30)29-20(31)11-27-22(32)23(5,24)25/h6-9,12,26H,10-11H2,1-5H3,(H,27,32)(H,29,31). The third-order valence-electron chi connectivity index (χ3n) is 5.39. The van der Waals surface area contributed by atoms with Gasteiger partial charge in [-0.25, -0.2) is 4.98 Å². The molecule has 0 saturated heterocycles. The van der Waals surface area contributed by atoms with Gasteiger partial charge in [-0.15, -0.1) is 0 Å². The summed E-state index contributed by atoms with van der Waals surface area (Å²) in [5, 5.41) is 7.99. The molecule has 0 aliphatic rings. The molecule has 2 amide bonds. The summed E-state index contributed by atoms with van der Waals surface area (Å²) in [6, 6.07) is 7.85. The van der Waals surface area contributed by atoms with Crippen molar-refractivity contribution in [3.63, 3.8) is 0 Å². The summed E-state index contributed by atoms with van der Waals surface area (Å²) in [4.78, 5) is 28.2. The maximum Gasteiger partial charge on any atom is 0.321 e. The van der Waals surface area contributed by atoms with Gasteiger partial charge in [0.25, 0.3) is 5.91 Å². The number of amides is 2. The van der Waals surface area contributed by atoms with Gasteiger partial charge in [0.1, 0.15) is 0 Å². The smallest absolute Gasteiger partial charge is 0.321 e. The van der Waals surface area contributed by atoms with E-state index >= 15 is 0 Å². The molecule has 0 aliphatic heterocycles. The molecule has 0 unspecified atom stereocenters. The van der Waals surface area contributed by atoms with Crippen LogP contribution >= 0.6 is 0 Å². The molecule has 3 aromatic rings. The Morgan fingerprint density at radius 3 is 2.41 bits per heavy atom. The number of halogens is 2. The molecule has 0 radical (unpaired) electrons. The quantitative estimate of drug-likeness (QED) is 0.517. The molecule has 0 atom stereocenters.